The van der Waals surface area contributed by atoms with Crippen LogP contribution in [0.1, 0.15) is 49.8 Å². The second kappa shape index (κ2) is 5.76. The van der Waals surface area contributed by atoms with Gasteiger partial charge in [0.25, 0.3) is 0 Å². The molecule has 0 radical (unpaired) electrons. The molecule has 21 heavy (non-hydrogen) atoms. The number of benzene rings is 1. The minimum absolute atomic E-state index is 0.527. The standard InChI is InChI=1S/C20H31N/c1-14(2)12-21-13-20(9-17-8-18(17)10-20)11-19-15(3)6-5-7-16(19)4/h5-7,14,17-18,21H,8-13H2,1-4H3. The molecule has 0 amide bonds. The average molecular weight is 285 g/mol. The van der Waals surface area contributed by atoms with E-state index < -0.39 is 0 Å². The molecule has 0 aliphatic heterocycles. The molecule has 0 spiro atoms. The van der Waals surface area contributed by atoms with Gasteiger partial charge in [-0.05, 0) is 85.9 Å². The minimum atomic E-state index is 0.527. The van der Waals surface area contributed by atoms with Crippen LogP contribution < -0.4 is 5.32 Å². The van der Waals surface area contributed by atoms with Crippen LogP contribution in [0.5, 0.6) is 0 Å². The maximum atomic E-state index is 3.77. The topological polar surface area (TPSA) is 12.0 Å². The molecule has 2 aliphatic carbocycles. The summed E-state index contributed by atoms with van der Waals surface area (Å²) in [5.74, 6) is 2.85. The summed E-state index contributed by atoms with van der Waals surface area (Å²) >= 11 is 0. The molecule has 0 saturated heterocycles. The van der Waals surface area contributed by atoms with Gasteiger partial charge in [-0.2, -0.15) is 0 Å². The van der Waals surface area contributed by atoms with Crippen LogP contribution in [-0.2, 0) is 6.42 Å². The van der Waals surface area contributed by atoms with Crippen LogP contribution in [0.15, 0.2) is 18.2 Å². The quantitative estimate of drug-likeness (QED) is 0.811. The second-order valence-electron chi connectivity index (χ2n) is 8.24. The molecule has 2 aliphatic rings. The van der Waals surface area contributed by atoms with Gasteiger partial charge in [0.15, 0.2) is 0 Å². The molecular formula is C20H31N. The Morgan fingerprint density at radius 1 is 1.14 bits per heavy atom. The van der Waals surface area contributed by atoms with Gasteiger partial charge in [-0.15, -0.1) is 0 Å². The number of rotatable bonds is 6. The summed E-state index contributed by atoms with van der Waals surface area (Å²) in [6.45, 7) is 11.5. The predicted octanol–water partition coefficient (Wildman–Crippen LogP) is 4.51. The highest BCUT2D eigenvalue weighted by Crippen LogP contribution is 2.60. The van der Waals surface area contributed by atoms with Crippen molar-refractivity contribution in [1.29, 1.82) is 0 Å². The van der Waals surface area contributed by atoms with Crippen LogP contribution in [0.2, 0.25) is 0 Å². The van der Waals surface area contributed by atoms with E-state index in [4.69, 9.17) is 0 Å². The van der Waals surface area contributed by atoms with E-state index in [1.165, 1.54) is 43.4 Å². The normalized spacial score (nSPS) is 30.7. The number of fused-ring (bicyclic) bond motifs is 1. The zero-order chi connectivity index (χ0) is 15.0. The van der Waals surface area contributed by atoms with Crippen LogP contribution in [0.4, 0.5) is 0 Å². The Balaban J connectivity index is 1.73. The van der Waals surface area contributed by atoms with Gasteiger partial charge in [0, 0.05) is 6.54 Å². The van der Waals surface area contributed by atoms with Gasteiger partial charge in [0.05, 0.1) is 0 Å². The van der Waals surface area contributed by atoms with Crippen LogP contribution in [0.25, 0.3) is 0 Å². The Morgan fingerprint density at radius 3 is 2.33 bits per heavy atom. The second-order valence-corrected chi connectivity index (χ2v) is 8.24. The van der Waals surface area contributed by atoms with E-state index >= 15 is 0 Å². The smallest absolute Gasteiger partial charge is 0.00113 e. The third-order valence-corrected chi connectivity index (χ3v) is 5.71. The molecule has 3 rings (SSSR count). The summed E-state index contributed by atoms with van der Waals surface area (Å²) in [4.78, 5) is 0. The van der Waals surface area contributed by atoms with Crippen LogP contribution in [0.3, 0.4) is 0 Å². The Morgan fingerprint density at radius 2 is 1.76 bits per heavy atom. The highest BCUT2D eigenvalue weighted by Gasteiger charge is 2.53. The first-order valence-electron chi connectivity index (χ1n) is 8.75. The number of nitrogens with one attached hydrogen (secondary N) is 1. The summed E-state index contributed by atoms with van der Waals surface area (Å²) in [5, 5.41) is 3.77. The molecule has 2 unspecified atom stereocenters. The van der Waals surface area contributed by atoms with Crippen molar-refractivity contribution in [3.63, 3.8) is 0 Å². The van der Waals surface area contributed by atoms with Crippen molar-refractivity contribution in [3.8, 4) is 0 Å². The van der Waals surface area contributed by atoms with Crippen LogP contribution in [0, 0.1) is 37.0 Å². The van der Waals surface area contributed by atoms with Crippen LogP contribution in [-0.4, -0.2) is 13.1 Å². The molecule has 2 fully saturated rings. The van der Waals surface area contributed by atoms with Crippen molar-refractivity contribution >= 4 is 0 Å². The maximum Gasteiger partial charge on any atom is 0.00113 e. The first-order chi connectivity index (χ1) is 9.99. The van der Waals surface area contributed by atoms with Gasteiger partial charge in [0.2, 0.25) is 0 Å². The molecule has 1 aromatic carbocycles. The summed E-state index contributed by atoms with van der Waals surface area (Å²) < 4.78 is 0. The largest absolute Gasteiger partial charge is 0.316 e. The lowest BCUT2D eigenvalue weighted by Gasteiger charge is -2.33. The molecule has 2 saturated carbocycles. The van der Waals surface area contributed by atoms with Crippen molar-refractivity contribution in [3.05, 3.63) is 34.9 Å². The third-order valence-electron chi connectivity index (χ3n) is 5.71. The highest BCUT2D eigenvalue weighted by molar-refractivity contribution is 5.35. The molecule has 0 aromatic heterocycles. The first kappa shape index (κ1) is 15.1. The molecule has 1 N–H and O–H groups in total. The average Bonchev–Trinajstić information content (AvgIpc) is 3.02. The fourth-order valence-corrected chi connectivity index (χ4v) is 4.49. The van der Waals surface area contributed by atoms with Gasteiger partial charge < -0.3 is 5.32 Å². The minimum Gasteiger partial charge on any atom is -0.316 e. The first-order valence-corrected chi connectivity index (χ1v) is 8.75. The van der Waals surface area contributed by atoms with Crippen LogP contribution >= 0.6 is 0 Å². The molecule has 1 heteroatoms. The van der Waals surface area contributed by atoms with E-state index in [1.54, 1.807) is 5.56 Å². The Labute approximate surface area is 130 Å². The molecule has 1 nitrogen and oxygen atoms in total. The Bertz CT molecular complexity index is 472. The number of hydrogen-bond acceptors (Lipinski definition) is 1. The fraction of sp³-hybridized carbons (Fsp3) is 0.700. The van der Waals surface area contributed by atoms with E-state index in [9.17, 15) is 0 Å². The number of aryl methyl sites for hydroxylation is 2. The zero-order valence-electron chi connectivity index (χ0n) is 14.2. The van der Waals surface area contributed by atoms with Gasteiger partial charge >= 0.3 is 0 Å². The maximum absolute atomic E-state index is 3.77. The van der Waals surface area contributed by atoms with Crippen molar-refractivity contribution in [2.24, 2.45) is 23.2 Å². The fourth-order valence-electron chi connectivity index (χ4n) is 4.49. The molecule has 1 aromatic rings. The van der Waals surface area contributed by atoms with E-state index in [-0.39, 0.29) is 0 Å². The van der Waals surface area contributed by atoms with Crippen molar-refractivity contribution in [2.75, 3.05) is 13.1 Å². The van der Waals surface area contributed by atoms with Crippen molar-refractivity contribution in [1.82, 2.24) is 5.32 Å². The number of hydrogen-bond donors (Lipinski definition) is 1. The van der Waals surface area contributed by atoms with Gasteiger partial charge in [0.1, 0.15) is 0 Å². The van der Waals surface area contributed by atoms with E-state index in [2.05, 4.69) is 51.2 Å². The third kappa shape index (κ3) is 3.34. The van der Waals surface area contributed by atoms with E-state index in [0.29, 0.717) is 5.41 Å². The highest BCUT2D eigenvalue weighted by atomic mass is 14.9. The molecule has 0 bridgehead atoms. The molecule has 2 atom stereocenters. The van der Waals surface area contributed by atoms with E-state index in [1.807, 2.05) is 0 Å². The SMILES string of the molecule is Cc1cccc(C)c1CC1(CNCC(C)C)CC2CC2C1. The monoisotopic (exact) mass is 285 g/mol. The Kier molecular flexibility index (Phi) is 4.14. The van der Waals surface area contributed by atoms with E-state index in [0.717, 1.165) is 24.3 Å². The van der Waals surface area contributed by atoms with Crippen molar-refractivity contribution in [2.45, 2.75) is 53.4 Å². The lowest BCUT2D eigenvalue weighted by atomic mass is 9.75. The predicted molar refractivity (Wildman–Crippen MR) is 90.6 cm³/mol. The zero-order valence-corrected chi connectivity index (χ0v) is 14.2. The van der Waals surface area contributed by atoms with Gasteiger partial charge in [-0.25, -0.2) is 0 Å². The Hall–Kier alpha value is -0.820. The summed E-state index contributed by atoms with van der Waals surface area (Å²) in [7, 11) is 0. The lowest BCUT2D eigenvalue weighted by Crippen LogP contribution is -2.37. The summed E-state index contributed by atoms with van der Waals surface area (Å²) in [6.07, 6.45) is 5.70. The lowest BCUT2D eigenvalue weighted by molar-refractivity contribution is 0.244. The summed E-state index contributed by atoms with van der Waals surface area (Å²) in [5.41, 5.74) is 5.11. The molecular weight excluding hydrogens is 254 g/mol. The van der Waals surface area contributed by atoms with Gasteiger partial charge in [-0.3, -0.25) is 0 Å². The summed E-state index contributed by atoms with van der Waals surface area (Å²) in [6, 6.07) is 6.77. The van der Waals surface area contributed by atoms with Gasteiger partial charge in [-0.1, -0.05) is 32.0 Å². The molecule has 116 valence electrons. The molecule has 0 heterocycles. The van der Waals surface area contributed by atoms with Crippen molar-refractivity contribution < 1.29 is 0 Å².